The Morgan fingerprint density at radius 3 is 1.42 bits per heavy atom. The highest BCUT2D eigenvalue weighted by atomic mass is 16.5. The Kier molecular flexibility index (Phi) is 21.8. The van der Waals surface area contributed by atoms with E-state index in [4.69, 9.17) is 9.47 Å². The van der Waals surface area contributed by atoms with Crippen LogP contribution in [0.3, 0.4) is 0 Å². The third-order valence-corrected chi connectivity index (χ3v) is 20.7. The summed E-state index contributed by atoms with van der Waals surface area (Å²) in [5.74, 6) is 1.25. The van der Waals surface area contributed by atoms with Crippen LogP contribution in [0.25, 0.3) is 0 Å². The zero-order valence-electron chi connectivity index (χ0n) is 46.1. The lowest BCUT2D eigenvalue weighted by atomic mass is 9.33. The molecule has 5 aliphatic carbocycles. The predicted octanol–water partition coefficient (Wildman–Crippen LogP) is 18.2. The average molecular weight is 936 g/mol. The molecule has 0 amide bonds. The molecule has 4 saturated carbocycles. The molecule has 0 aliphatic heterocycles. The molecule has 1 N–H and O–H groups in total. The number of hydrogen-bond donors (Lipinski definition) is 1. The molecule has 0 bridgehead atoms. The number of unbranched alkanes of at least 4 members (excludes halogenated alkanes) is 24. The van der Waals surface area contributed by atoms with Gasteiger partial charge in [0.1, 0.15) is 12.2 Å². The van der Waals surface area contributed by atoms with Crippen molar-refractivity contribution in [1.82, 2.24) is 0 Å². The van der Waals surface area contributed by atoms with E-state index in [1.54, 1.807) is 5.57 Å². The van der Waals surface area contributed by atoms with E-state index in [1.165, 1.54) is 141 Å². The average Bonchev–Trinajstić information content (AvgIpc) is 3.26. The van der Waals surface area contributed by atoms with Crippen LogP contribution in [0.4, 0.5) is 0 Å². The van der Waals surface area contributed by atoms with E-state index in [2.05, 4.69) is 75.3 Å². The third-order valence-electron chi connectivity index (χ3n) is 20.7. The van der Waals surface area contributed by atoms with Gasteiger partial charge in [-0.25, -0.2) is 0 Å². The number of aliphatic hydroxyl groups excluding tert-OH is 1. The minimum Gasteiger partial charge on any atom is -0.462 e. The Bertz CT molecular complexity index is 1530. The van der Waals surface area contributed by atoms with Gasteiger partial charge in [0.2, 0.25) is 0 Å². The molecule has 0 aromatic rings. The SMILES string of the molecule is CCCCCCCCCCCCCCCC(=O)O[C@H]1CC[C@]2(C)[C@H]3CC=C4[C@@H]5CC(C)(C)[C@H](OC(=O)CCCCCCCCCCCCCCC)C[C@]5(C)[C@@H](O)C[C@@]4(C)[C@]3(C)CC[C@H]2C1(C)C. The summed E-state index contributed by atoms with van der Waals surface area (Å²) in [5.41, 5.74) is 1.15. The van der Waals surface area contributed by atoms with Crippen molar-refractivity contribution in [2.45, 2.75) is 319 Å². The van der Waals surface area contributed by atoms with E-state index < -0.39 is 6.10 Å². The van der Waals surface area contributed by atoms with Crippen LogP contribution in [0.2, 0.25) is 0 Å². The molecule has 0 saturated heterocycles. The van der Waals surface area contributed by atoms with Gasteiger partial charge in [-0.3, -0.25) is 9.59 Å². The molecule has 0 spiro atoms. The van der Waals surface area contributed by atoms with Crippen LogP contribution < -0.4 is 0 Å². The predicted molar refractivity (Wildman–Crippen MR) is 282 cm³/mol. The minimum absolute atomic E-state index is 0.0182. The molecular formula is C62H110O5. The first kappa shape index (κ1) is 56.6. The number of carbonyl (C=O) groups is 2. The molecule has 388 valence electrons. The highest BCUT2D eigenvalue weighted by molar-refractivity contribution is 5.70. The van der Waals surface area contributed by atoms with Gasteiger partial charge < -0.3 is 14.6 Å². The van der Waals surface area contributed by atoms with Crippen LogP contribution in [0.5, 0.6) is 0 Å². The number of carbonyl (C=O) groups excluding carboxylic acids is 2. The van der Waals surface area contributed by atoms with Gasteiger partial charge in [0.25, 0.3) is 0 Å². The van der Waals surface area contributed by atoms with Gasteiger partial charge in [0.15, 0.2) is 0 Å². The van der Waals surface area contributed by atoms with Crippen molar-refractivity contribution < 1.29 is 24.2 Å². The zero-order chi connectivity index (χ0) is 48.8. The van der Waals surface area contributed by atoms with E-state index in [0.717, 1.165) is 77.0 Å². The summed E-state index contributed by atoms with van der Waals surface area (Å²) in [5, 5.41) is 12.5. The van der Waals surface area contributed by atoms with Crippen LogP contribution >= 0.6 is 0 Å². The van der Waals surface area contributed by atoms with Gasteiger partial charge in [-0.1, -0.05) is 235 Å². The number of allylic oxidation sites excluding steroid dienone is 2. The highest BCUT2D eigenvalue weighted by Gasteiger charge is 2.70. The first-order chi connectivity index (χ1) is 31.9. The second kappa shape index (κ2) is 25.8. The van der Waals surface area contributed by atoms with Gasteiger partial charge in [-0.2, -0.15) is 0 Å². The van der Waals surface area contributed by atoms with Gasteiger partial charge in [0.05, 0.1) is 6.10 Å². The molecule has 67 heavy (non-hydrogen) atoms. The largest absolute Gasteiger partial charge is 0.462 e. The summed E-state index contributed by atoms with van der Waals surface area (Å²) in [4.78, 5) is 26.8. The summed E-state index contributed by atoms with van der Waals surface area (Å²) in [6, 6.07) is 0. The molecule has 0 unspecified atom stereocenters. The molecule has 0 aromatic carbocycles. The van der Waals surface area contributed by atoms with Crippen molar-refractivity contribution in [2.75, 3.05) is 0 Å². The number of esters is 2. The lowest BCUT2D eigenvalue weighted by Crippen LogP contribution is -2.67. The molecule has 0 radical (unpaired) electrons. The van der Waals surface area contributed by atoms with E-state index in [-0.39, 0.29) is 62.6 Å². The third kappa shape index (κ3) is 13.8. The van der Waals surface area contributed by atoms with E-state index >= 15 is 0 Å². The second-order valence-electron chi connectivity index (χ2n) is 26.3. The van der Waals surface area contributed by atoms with Crippen LogP contribution in [0, 0.1) is 50.2 Å². The van der Waals surface area contributed by atoms with Gasteiger partial charge in [-0.15, -0.1) is 0 Å². The fourth-order valence-electron chi connectivity index (χ4n) is 16.0. The quantitative estimate of drug-likeness (QED) is 0.0441. The topological polar surface area (TPSA) is 72.8 Å². The summed E-state index contributed by atoms with van der Waals surface area (Å²) in [6.07, 6.45) is 44.9. The van der Waals surface area contributed by atoms with E-state index in [0.29, 0.717) is 24.7 Å². The number of rotatable bonds is 30. The van der Waals surface area contributed by atoms with E-state index in [9.17, 15) is 14.7 Å². The maximum atomic E-state index is 13.4. The molecule has 5 rings (SSSR count). The highest BCUT2D eigenvalue weighted by Crippen LogP contribution is 2.76. The Morgan fingerprint density at radius 1 is 0.522 bits per heavy atom. The van der Waals surface area contributed by atoms with Crippen molar-refractivity contribution in [3.63, 3.8) is 0 Å². The maximum Gasteiger partial charge on any atom is 0.306 e. The van der Waals surface area contributed by atoms with Gasteiger partial charge >= 0.3 is 11.9 Å². The summed E-state index contributed by atoms with van der Waals surface area (Å²) in [6.45, 7) is 24.1. The molecule has 0 aromatic heterocycles. The summed E-state index contributed by atoms with van der Waals surface area (Å²) in [7, 11) is 0. The van der Waals surface area contributed by atoms with Crippen LogP contribution in [-0.2, 0) is 19.1 Å². The normalized spacial score (nSPS) is 34.0. The number of aliphatic hydroxyl groups is 1. The number of ether oxygens (including phenoxy) is 2. The molecule has 0 heterocycles. The zero-order valence-corrected chi connectivity index (χ0v) is 46.1. The Morgan fingerprint density at radius 2 is 0.955 bits per heavy atom. The number of fused-ring (bicyclic) bond motifs is 7. The van der Waals surface area contributed by atoms with Crippen LogP contribution in [0.15, 0.2) is 11.6 Å². The summed E-state index contributed by atoms with van der Waals surface area (Å²) >= 11 is 0. The van der Waals surface area contributed by atoms with Gasteiger partial charge in [0, 0.05) is 29.1 Å². The Labute approximate surface area is 415 Å². The Balaban J connectivity index is 1.09. The molecule has 5 aliphatic rings. The standard InChI is InChI=1S/C62H110O5/c1-11-13-15-17-19-21-23-25-27-29-31-33-35-37-55(64)66-53-42-43-59(7)50(58(53,5)6)41-44-61(9)51(59)40-39-48-49-45-57(3,4)54(47-60(49,8)52(63)46-62(48,61)10)67-56(65)38-36-34-32-30-28-26-24-22-20-18-16-14-12-2/h39,49-54,63H,11-38,40-47H2,1-10H3/t49-,50-,51+,52-,53-,54+,59-,60-,61+,62+/m0/s1. The molecule has 5 nitrogen and oxygen atoms in total. The molecule has 5 heteroatoms. The van der Waals surface area contributed by atoms with E-state index in [1.807, 2.05) is 0 Å². The lowest BCUT2D eigenvalue weighted by molar-refractivity contribution is -0.225. The van der Waals surface area contributed by atoms with Crippen LogP contribution in [0.1, 0.15) is 300 Å². The van der Waals surface area contributed by atoms with Crippen molar-refractivity contribution in [3.05, 3.63) is 11.6 Å². The smallest absolute Gasteiger partial charge is 0.306 e. The van der Waals surface area contributed by atoms with Crippen molar-refractivity contribution in [3.8, 4) is 0 Å². The first-order valence-corrected chi connectivity index (χ1v) is 29.7. The monoisotopic (exact) mass is 935 g/mol. The lowest BCUT2D eigenvalue weighted by Gasteiger charge is -2.72. The Hall–Kier alpha value is -1.36. The molecular weight excluding hydrogens is 825 g/mol. The van der Waals surface area contributed by atoms with Gasteiger partial charge in [-0.05, 0) is 98.2 Å². The first-order valence-electron chi connectivity index (χ1n) is 29.7. The minimum atomic E-state index is -0.444. The summed E-state index contributed by atoms with van der Waals surface area (Å²) < 4.78 is 12.9. The fourth-order valence-corrected chi connectivity index (χ4v) is 16.0. The molecule has 4 fully saturated rings. The molecule has 10 atom stereocenters. The van der Waals surface area contributed by atoms with Crippen LogP contribution in [-0.4, -0.2) is 35.4 Å². The van der Waals surface area contributed by atoms with Crippen molar-refractivity contribution >= 4 is 11.9 Å². The fraction of sp³-hybridized carbons (Fsp3) is 0.935. The second-order valence-corrected chi connectivity index (χ2v) is 26.3. The van der Waals surface area contributed by atoms with Crippen molar-refractivity contribution in [1.29, 1.82) is 0 Å². The number of hydrogen-bond acceptors (Lipinski definition) is 5. The maximum absolute atomic E-state index is 13.4. The van der Waals surface area contributed by atoms with Crippen molar-refractivity contribution in [2.24, 2.45) is 50.2 Å².